The van der Waals surface area contributed by atoms with Crippen LogP contribution in [0.1, 0.15) is 29.4 Å². The van der Waals surface area contributed by atoms with Crippen molar-refractivity contribution in [3.05, 3.63) is 58.8 Å². The molecule has 0 saturated heterocycles. The maximum Gasteiger partial charge on any atom is 0.387 e. The van der Waals surface area contributed by atoms with E-state index in [9.17, 15) is 8.78 Å². The lowest BCUT2D eigenvalue weighted by atomic mass is 10.1. The summed E-state index contributed by atoms with van der Waals surface area (Å²) in [4.78, 5) is 0. The fraction of sp³-hybridized carbons (Fsp3) is 0.300. The number of rotatable bonds is 6. The molecule has 3 rings (SSSR count). The van der Waals surface area contributed by atoms with Crippen molar-refractivity contribution in [2.24, 2.45) is 0 Å². The van der Waals surface area contributed by atoms with E-state index < -0.39 is 6.61 Å². The Kier molecular flexibility index (Phi) is 4.93. The van der Waals surface area contributed by atoms with Crippen LogP contribution in [0, 0.1) is 13.8 Å². The van der Waals surface area contributed by atoms with Gasteiger partial charge >= 0.3 is 6.61 Å². The summed E-state index contributed by atoms with van der Waals surface area (Å²) in [5.74, 6) is 1.65. The van der Waals surface area contributed by atoms with Gasteiger partial charge in [0, 0.05) is 17.4 Å². The molecule has 0 aliphatic carbocycles. The van der Waals surface area contributed by atoms with Gasteiger partial charge in [0.2, 0.25) is 0 Å². The predicted octanol–water partition coefficient (Wildman–Crippen LogP) is 5.79. The molecule has 3 nitrogen and oxygen atoms in total. The lowest BCUT2D eigenvalue weighted by Crippen LogP contribution is -2.03. The smallest absolute Gasteiger partial charge is 0.387 e. The summed E-state index contributed by atoms with van der Waals surface area (Å²) < 4.78 is 41.5. The molecule has 1 heterocycles. The molecule has 0 fully saturated rings. The zero-order chi connectivity index (χ0) is 18.0. The number of halogens is 2. The van der Waals surface area contributed by atoms with Crippen LogP contribution in [0.5, 0.6) is 11.5 Å². The summed E-state index contributed by atoms with van der Waals surface area (Å²) in [6, 6.07) is 10.8. The maximum atomic E-state index is 12.6. The Labute approximate surface area is 145 Å². The van der Waals surface area contributed by atoms with Crippen LogP contribution in [0.25, 0.3) is 11.0 Å². The molecular formula is C20H20F2O3. The predicted molar refractivity (Wildman–Crippen MR) is 92.5 cm³/mol. The second-order valence-electron chi connectivity index (χ2n) is 5.93. The van der Waals surface area contributed by atoms with Gasteiger partial charge in [-0.15, -0.1) is 0 Å². The van der Waals surface area contributed by atoms with E-state index in [2.05, 4.69) is 4.74 Å². The van der Waals surface area contributed by atoms with Gasteiger partial charge in [-0.05, 0) is 49.2 Å². The van der Waals surface area contributed by atoms with Gasteiger partial charge in [0.15, 0.2) is 0 Å². The molecule has 0 aliphatic heterocycles. The highest BCUT2D eigenvalue weighted by molar-refractivity contribution is 5.83. The first kappa shape index (κ1) is 17.3. The summed E-state index contributed by atoms with van der Waals surface area (Å²) in [5, 5.41) is 0.731. The Balaban J connectivity index is 1.95. The Morgan fingerprint density at radius 1 is 1.12 bits per heavy atom. The van der Waals surface area contributed by atoms with Gasteiger partial charge in [0.05, 0.1) is 0 Å². The molecule has 0 amide bonds. The third kappa shape index (κ3) is 3.76. The van der Waals surface area contributed by atoms with E-state index in [-0.39, 0.29) is 12.4 Å². The average molecular weight is 346 g/mol. The van der Waals surface area contributed by atoms with Crippen LogP contribution >= 0.6 is 0 Å². The average Bonchev–Trinajstić information content (AvgIpc) is 2.98. The number of furan rings is 1. The first-order valence-corrected chi connectivity index (χ1v) is 8.17. The minimum atomic E-state index is -2.87. The molecular weight excluding hydrogens is 326 g/mol. The third-order valence-electron chi connectivity index (χ3n) is 4.23. The molecule has 0 bridgehead atoms. The maximum absolute atomic E-state index is 12.6. The molecule has 3 aromatic rings. The number of aryl methyl sites for hydroxylation is 2. The van der Waals surface area contributed by atoms with Gasteiger partial charge in [-0.3, -0.25) is 0 Å². The van der Waals surface area contributed by atoms with Gasteiger partial charge in [0.25, 0.3) is 0 Å². The van der Waals surface area contributed by atoms with Crippen LogP contribution in [0.15, 0.2) is 40.8 Å². The highest BCUT2D eigenvalue weighted by atomic mass is 19.3. The number of fused-ring (bicyclic) bond motifs is 1. The SMILES string of the molecule is CCc1cc2cc(OC(F)F)cc(COc3cccc(C)c3C)c2o1. The van der Waals surface area contributed by atoms with Gasteiger partial charge in [-0.2, -0.15) is 8.78 Å². The second kappa shape index (κ2) is 7.13. The molecule has 0 aliphatic rings. The van der Waals surface area contributed by atoms with Crippen LogP contribution in [-0.2, 0) is 13.0 Å². The minimum Gasteiger partial charge on any atom is -0.488 e. The molecule has 25 heavy (non-hydrogen) atoms. The summed E-state index contributed by atoms with van der Waals surface area (Å²) in [5.41, 5.74) is 3.49. The van der Waals surface area contributed by atoms with Crippen molar-refractivity contribution in [2.75, 3.05) is 0 Å². The standard InChI is InChI=1S/C20H20F2O3/c1-4-16-8-14-9-17(25-20(21)22)10-15(19(14)24-16)11-23-18-7-5-6-12(2)13(18)3/h5-10,20H,4,11H2,1-3H3. The summed E-state index contributed by atoms with van der Waals surface area (Å²) >= 11 is 0. The number of ether oxygens (including phenoxy) is 2. The number of hydrogen-bond acceptors (Lipinski definition) is 3. The highest BCUT2D eigenvalue weighted by Gasteiger charge is 2.14. The first-order valence-electron chi connectivity index (χ1n) is 8.17. The molecule has 5 heteroatoms. The van der Waals surface area contributed by atoms with Gasteiger partial charge < -0.3 is 13.9 Å². The lowest BCUT2D eigenvalue weighted by molar-refractivity contribution is -0.0498. The fourth-order valence-corrected chi connectivity index (χ4v) is 2.74. The Hall–Kier alpha value is -2.56. The van der Waals surface area contributed by atoms with Crippen LogP contribution in [0.4, 0.5) is 8.78 Å². The van der Waals surface area contributed by atoms with Crippen molar-refractivity contribution >= 4 is 11.0 Å². The van der Waals surface area contributed by atoms with Gasteiger partial charge in [-0.25, -0.2) is 0 Å². The number of hydrogen-bond donors (Lipinski definition) is 0. The van der Waals surface area contributed by atoms with E-state index >= 15 is 0 Å². The molecule has 0 unspecified atom stereocenters. The van der Waals surface area contributed by atoms with E-state index in [1.54, 1.807) is 12.1 Å². The van der Waals surface area contributed by atoms with E-state index in [0.717, 1.165) is 34.4 Å². The molecule has 1 aromatic heterocycles. The van der Waals surface area contributed by atoms with Crippen molar-refractivity contribution in [3.8, 4) is 11.5 Å². The monoisotopic (exact) mass is 346 g/mol. The van der Waals surface area contributed by atoms with E-state index in [0.29, 0.717) is 11.1 Å². The minimum absolute atomic E-state index is 0.102. The van der Waals surface area contributed by atoms with Crippen molar-refractivity contribution in [3.63, 3.8) is 0 Å². The Morgan fingerprint density at radius 2 is 1.92 bits per heavy atom. The Bertz CT molecular complexity index is 884. The van der Waals surface area contributed by atoms with Crippen molar-refractivity contribution < 1.29 is 22.7 Å². The zero-order valence-corrected chi connectivity index (χ0v) is 14.4. The molecule has 0 N–H and O–H groups in total. The molecule has 0 radical (unpaired) electrons. The van der Waals surface area contributed by atoms with Crippen molar-refractivity contribution in [2.45, 2.75) is 40.4 Å². The summed E-state index contributed by atoms with van der Waals surface area (Å²) in [6.45, 7) is 3.30. The molecule has 132 valence electrons. The number of benzene rings is 2. The summed E-state index contributed by atoms with van der Waals surface area (Å²) in [7, 11) is 0. The zero-order valence-electron chi connectivity index (χ0n) is 14.4. The van der Waals surface area contributed by atoms with Crippen LogP contribution in [-0.4, -0.2) is 6.61 Å². The first-order chi connectivity index (χ1) is 12.0. The van der Waals surface area contributed by atoms with Crippen LogP contribution in [0.2, 0.25) is 0 Å². The Morgan fingerprint density at radius 3 is 2.64 bits per heavy atom. The number of alkyl halides is 2. The van der Waals surface area contributed by atoms with Crippen molar-refractivity contribution in [1.29, 1.82) is 0 Å². The van der Waals surface area contributed by atoms with Crippen LogP contribution < -0.4 is 9.47 Å². The quantitative estimate of drug-likeness (QED) is 0.566. The largest absolute Gasteiger partial charge is 0.488 e. The third-order valence-corrected chi connectivity index (χ3v) is 4.23. The van der Waals surface area contributed by atoms with Gasteiger partial charge in [-0.1, -0.05) is 19.1 Å². The fourth-order valence-electron chi connectivity index (χ4n) is 2.74. The van der Waals surface area contributed by atoms with Crippen LogP contribution in [0.3, 0.4) is 0 Å². The van der Waals surface area contributed by atoms with E-state index in [4.69, 9.17) is 9.15 Å². The highest BCUT2D eigenvalue weighted by Crippen LogP contribution is 2.31. The second-order valence-corrected chi connectivity index (χ2v) is 5.93. The normalized spacial score (nSPS) is 11.3. The van der Waals surface area contributed by atoms with Crippen molar-refractivity contribution in [1.82, 2.24) is 0 Å². The topological polar surface area (TPSA) is 31.6 Å². The lowest BCUT2D eigenvalue weighted by Gasteiger charge is -2.12. The summed E-state index contributed by atoms with van der Waals surface area (Å²) in [6.07, 6.45) is 0.719. The molecule has 0 atom stereocenters. The molecule has 0 saturated carbocycles. The van der Waals surface area contributed by atoms with Gasteiger partial charge in [0.1, 0.15) is 29.4 Å². The molecule has 0 spiro atoms. The van der Waals surface area contributed by atoms with E-state index in [1.807, 2.05) is 45.0 Å². The molecule has 2 aromatic carbocycles. The van der Waals surface area contributed by atoms with E-state index in [1.165, 1.54) is 0 Å².